The highest BCUT2D eigenvalue weighted by atomic mass is 16.4. The normalized spacial score (nSPS) is 11.9. The molecule has 0 unspecified atom stereocenters. The van der Waals surface area contributed by atoms with Crippen LogP contribution in [0.2, 0.25) is 0 Å². The van der Waals surface area contributed by atoms with Gasteiger partial charge in [0, 0.05) is 12.8 Å². The Labute approximate surface area is 128 Å². The van der Waals surface area contributed by atoms with Crippen molar-refractivity contribution >= 4 is 11.8 Å². The van der Waals surface area contributed by atoms with E-state index < -0.39 is 5.97 Å². The minimum atomic E-state index is -0.901. The quantitative estimate of drug-likeness (QED) is 0.390. The molecule has 118 valence electrons. The van der Waals surface area contributed by atoms with Crippen molar-refractivity contribution in [1.29, 1.82) is 0 Å². The van der Waals surface area contributed by atoms with E-state index in [1.807, 2.05) is 18.2 Å². The zero-order chi connectivity index (χ0) is 15.8. The first kappa shape index (κ1) is 19.4. The molecule has 3 heteroatoms. The molecular weight excluding hydrogens is 264 g/mol. The maximum Gasteiger partial charge on any atom is 0.303 e. The van der Waals surface area contributed by atoms with Gasteiger partial charge in [0.25, 0.3) is 0 Å². The van der Waals surface area contributed by atoms with Crippen molar-refractivity contribution in [2.45, 2.75) is 64.7 Å². The van der Waals surface area contributed by atoms with Crippen molar-refractivity contribution in [2.75, 3.05) is 0 Å². The van der Waals surface area contributed by atoms with Gasteiger partial charge in [0.05, 0.1) is 6.42 Å². The molecule has 0 rings (SSSR count). The summed E-state index contributed by atoms with van der Waals surface area (Å²) < 4.78 is 0. The number of hydrogen-bond donors (Lipinski definition) is 1. The Morgan fingerprint density at radius 2 is 1.43 bits per heavy atom. The summed E-state index contributed by atoms with van der Waals surface area (Å²) in [7, 11) is 0. The van der Waals surface area contributed by atoms with Gasteiger partial charge in [-0.25, -0.2) is 0 Å². The van der Waals surface area contributed by atoms with Crippen LogP contribution >= 0.6 is 0 Å². The third-order valence-corrected chi connectivity index (χ3v) is 3.02. The fourth-order valence-electron chi connectivity index (χ4n) is 1.76. The summed E-state index contributed by atoms with van der Waals surface area (Å²) in [6, 6.07) is 0. The van der Waals surface area contributed by atoms with E-state index in [2.05, 4.69) is 25.2 Å². The van der Waals surface area contributed by atoms with Gasteiger partial charge in [-0.1, -0.05) is 56.2 Å². The monoisotopic (exact) mass is 292 g/mol. The fourth-order valence-corrected chi connectivity index (χ4v) is 1.76. The maximum atomic E-state index is 11.3. The molecule has 0 amide bonds. The van der Waals surface area contributed by atoms with Gasteiger partial charge in [0.1, 0.15) is 5.78 Å². The second kappa shape index (κ2) is 14.8. The first-order valence-corrected chi connectivity index (χ1v) is 7.88. The highest BCUT2D eigenvalue weighted by molar-refractivity contribution is 5.82. The number of ketones is 1. The number of carboxylic acid groups (broad SMARTS) is 1. The summed E-state index contributed by atoms with van der Waals surface area (Å²) in [6.45, 7) is 2.19. The molecule has 1 N–H and O–H groups in total. The van der Waals surface area contributed by atoms with Crippen LogP contribution in [0, 0.1) is 0 Å². The minimum Gasteiger partial charge on any atom is -0.481 e. The van der Waals surface area contributed by atoms with Crippen molar-refractivity contribution in [3.8, 4) is 0 Å². The number of unbranched alkanes of at least 4 members (excludes halogenated alkanes) is 4. The second-order valence-corrected chi connectivity index (χ2v) is 5.06. The molecule has 0 fully saturated rings. The first-order valence-electron chi connectivity index (χ1n) is 7.88. The van der Waals surface area contributed by atoms with Gasteiger partial charge in [-0.2, -0.15) is 0 Å². The molecular formula is C18H28O3. The molecule has 0 saturated heterocycles. The molecule has 0 bridgehead atoms. The van der Waals surface area contributed by atoms with Gasteiger partial charge in [-0.05, 0) is 25.7 Å². The number of aliphatic carboxylic acids is 1. The van der Waals surface area contributed by atoms with E-state index in [0.717, 1.165) is 25.7 Å². The van der Waals surface area contributed by atoms with Gasteiger partial charge in [-0.15, -0.1) is 0 Å². The van der Waals surface area contributed by atoms with Gasteiger partial charge in [-0.3, -0.25) is 9.59 Å². The number of hydrogen-bond acceptors (Lipinski definition) is 2. The highest BCUT2D eigenvalue weighted by Crippen LogP contribution is 2.05. The van der Waals surface area contributed by atoms with Crippen LogP contribution in [0.5, 0.6) is 0 Å². The van der Waals surface area contributed by atoms with Crippen LogP contribution < -0.4 is 0 Å². The lowest BCUT2D eigenvalue weighted by molar-refractivity contribution is -0.138. The Balaban J connectivity index is 3.47. The van der Waals surface area contributed by atoms with Gasteiger partial charge < -0.3 is 5.11 Å². The van der Waals surface area contributed by atoms with E-state index in [0.29, 0.717) is 6.42 Å². The molecule has 0 aromatic heterocycles. The van der Waals surface area contributed by atoms with Gasteiger partial charge >= 0.3 is 5.97 Å². The molecule has 0 atom stereocenters. The number of allylic oxidation sites excluding steroid dienone is 6. The van der Waals surface area contributed by atoms with Crippen LogP contribution in [-0.4, -0.2) is 16.9 Å². The topological polar surface area (TPSA) is 54.4 Å². The Kier molecular flexibility index (Phi) is 13.6. The van der Waals surface area contributed by atoms with Crippen LogP contribution in [0.4, 0.5) is 0 Å². The standard InChI is InChI=1S/C18H28O3/c1-2-3-4-5-6-7-8-9-10-11-12-13-14-17(19)15-16-18(20)21/h5-10H,2-4,11-16H2,1H3,(H,20,21)/b6-5+,8-7+,10-9?. The lowest BCUT2D eigenvalue weighted by Crippen LogP contribution is -2.02. The molecule has 21 heavy (non-hydrogen) atoms. The molecule has 0 aliphatic rings. The highest BCUT2D eigenvalue weighted by Gasteiger charge is 2.04. The van der Waals surface area contributed by atoms with Crippen molar-refractivity contribution in [3.05, 3.63) is 36.5 Å². The van der Waals surface area contributed by atoms with E-state index >= 15 is 0 Å². The summed E-state index contributed by atoms with van der Waals surface area (Å²) in [5.74, 6) is -0.847. The molecule has 0 heterocycles. The van der Waals surface area contributed by atoms with Gasteiger partial charge in [0.15, 0.2) is 0 Å². The Hall–Kier alpha value is -1.64. The second-order valence-electron chi connectivity index (χ2n) is 5.06. The van der Waals surface area contributed by atoms with Crippen LogP contribution in [-0.2, 0) is 9.59 Å². The van der Waals surface area contributed by atoms with E-state index in [-0.39, 0.29) is 18.6 Å². The smallest absolute Gasteiger partial charge is 0.303 e. The number of carbonyl (C=O) groups excluding carboxylic acids is 1. The summed E-state index contributed by atoms with van der Waals surface area (Å²) in [6.07, 6.45) is 19.4. The average molecular weight is 292 g/mol. The van der Waals surface area contributed by atoms with Crippen LogP contribution in [0.25, 0.3) is 0 Å². The van der Waals surface area contributed by atoms with Crippen LogP contribution in [0.3, 0.4) is 0 Å². The van der Waals surface area contributed by atoms with Crippen molar-refractivity contribution < 1.29 is 14.7 Å². The molecule has 0 spiro atoms. The van der Waals surface area contributed by atoms with Crippen molar-refractivity contribution in [2.24, 2.45) is 0 Å². The van der Waals surface area contributed by atoms with Crippen LogP contribution in [0.15, 0.2) is 36.5 Å². The van der Waals surface area contributed by atoms with E-state index in [9.17, 15) is 9.59 Å². The average Bonchev–Trinajstić information content (AvgIpc) is 2.46. The largest absolute Gasteiger partial charge is 0.481 e. The minimum absolute atomic E-state index is 0.0463. The fraction of sp³-hybridized carbons (Fsp3) is 0.556. The number of carbonyl (C=O) groups is 2. The summed E-state index contributed by atoms with van der Waals surface area (Å²) >= 11 is 0. The third kappa shape index (κ3) is 16.3. The molecule has 0 saturated carbocycles. The number of Topliss-reactive ketones (excluding diaryl/α,β-unsaturated/α-hetero) is 1. The van der Waals surface area contributed by atoms with Crippen LogP contribution in [0.1, 0.15) is 64.7 Å². The Morgan fingerprint density at radius 1 is 0.810 bits per heavy atom. The molecule has 0 aliphatic carbocycles. The molecule has 0 radical (unpaired) electrons. The summed E-state index contributed by atoms with van der Waals surface area (Å²) in [4.78, 5) is 21.6. The number of carboxylic acids is 1. The lowest BCUT2D eigenvalue weighted by Gasteiger charge is -1.97. The third-order valence-electron chi connectivity index (χ3n) is 3.02. The first-order chi connectivity index (χ1) is 10.2. The SMILES string of the molecule is CCCC/C=C/C=C/C=CCCCCC(=O)CCC(=O)O. The van der Waals surface area contributed by atoms with E-state index in [4.69, 9.17) is 5.11 Å². The zero-order valence-electron chi connectivity index (χ0n) is 13.1. The summed E-state index contributed by atoms with van der Waals surface area (Å²) in [5, 5.41) is 8.46. The molecule has 0 aliphatic heterocycles. The summed E-state index contributed by atoms with van der Waals surface area (Å²) in [5.41, 5.74) is 0. The maximum absolute atomic E-state index is 11.3. The van der Waals surface area contributed by atoms with E-state index in [1.54, 1.807) is 0 Å². The molecule has 0 aromatic carbocycles. The molecule has 0 aromatic rings. The zero-order valence-corrected chi connectivity index (χ0v) is 13.1. The predicted molar refractivity (Wildman–Crippen MR) is 87.3 cm³/mol. The van der Waals surface area contributed by atoms with Crippen molar-refractivity contribution in [1.82, 2.24) is 0 Å². The number of rotatable bonds is 13. The predicted octanol–water partition coefficient (Wildman–Crippen LogP) is 4.84. The Morgan fingerprint density at radius 3 is 2.00 bits per heavy atom. The lowest BCUT2D eigenvalue weighted by atomic mass is 10.1. The van der Waals surface area contributed by atoms with E-state index in [1.165, 1.54) is 12.8 Å². The van der Waals surface area contributed by atoms with Crippen molar-refractivity contribution in [3.63, 3.8) is 0 Å². The Bertz CT molecular complexity index is 365. The molecule has 3 nitrogen and oxygen atoms in total. The van der Waals surface area contributed by atoms with Gasteiger partial charge in [0.2, 0.25) is 0 Å².